The number of nitrogens with one attached hydrogen (secondary N) is 2. The molecule has 2 heterocycles. The molecule has 0 saturated carbocycles. The first kappa shape index (κ1) is 12.4. The minimum absolute atomic E-state index is 0.234. The molecule has 2 rings (SSSR count). The van der Waals surface area contributed by atoms with Crippen LogP contribution in [0.3, 0.4) is 0 Å². The molecule has 0 aliphatic rings. The number of nitrogens with zero attached hydrogens (tertiary/aromatic N) is 2. The molecular weight excluding hydrogens is 228 g/mol. The predicted octanol–water partition coefficient (Wildman–Crippen LogP) is 2.59. The van der Waals surface area contributed by atoms with Crippen LogP contribution in [0.4, 0.5) is 5.69 Å². The average molecular weight is 246 g/mol. The summed E-state index contributed by atoms with van der Waals surface area (Å²) in [5.41, 5.74) is 0.631. The lowest BCUT2D eigenvalue weighted by Gasteiger charge is -2.23. The molecule has 0 aliphatic heterocycles. The molecule has 96 valence electrons. The van der Waals surface area contributed by atoms with Crippen LogP contribution < -0.4 is 10.1 Å². The molecule has 0 radical (unpaired) electrons. The summed E-state index contributed by atoms with van der Waals surface area (Å²) >= 11 is 0. The molecule has 0 bridgehead atoms. The van der Waals surface area contributed by atoms with E-state index in [0.717, 1.165) is 17.3 Å². The second-order valence-electron chi connectivity index (χ2n) is 4.98. The number of aromatic amines is 1. The normalized spacial score (nSPS) is 11.3. The maximum Gasteiger partial charge on any atom is 0.146 e. The molecule has 2 aromatic heterocycles. The smallest absolute Gasteiger partial charge is 0.146 e. The number of ether oxygens (including phenoxy) is 1. The molecule has 0 spiro atoms. The monoisotopic (exact) mass is 246 g/mol. The third-order valence-corrected chi connectivity index (χ3v) is 2.20. The lowest BCUT2D eigenvalue weighted by molar-refractivity contribution is 0.131. The molecule has 0 unspecified atom stereocenters. The van der Waals surface area contributed by atoms with E-state index in [9.17, 15) is 0 Å². The second kappa shape index (κ2) is 5.08. The Morgan fingerprint density at radius 3 is 2.83 bits per heavy atom. The van der Waals surface area contributed by atoms with Crippen molar-refractivity contribution in [3.63, 3.8) is 0 Å². The molecule has 2 aromatic rings. The Kier molecular flexibility index (Phi) is 3.50. The third-order valence-electron chi connectivity index (χ3n) is 2.20. The Balaban J connectivity index is 2.07. The van der Waals surface area contributed by atoms with Crippen molar-refractivity contribution in [2.75, 3.05) is 5.32 Å². The Labute approximate surface area is 107 Å². The Morgan fingerprint density at radius 2 is 2.17 bits per heavy atom. The zero-order valence-corrected chi connectivity index (χ0v) is 10.9. The summed E-state index contributed by atoms with van der Waals surface area (Å²) in [7, 11) is 0. The number of hydrogen-bond donors (Lipinski definition) is 2. The first-order chi connectivity index (χ1) is 8.54. The van der Waals surface area contributed by atoms with E-state index in [2.05, 4.69) is 20.3 Å². The topological polar surface area (TPSA) is 62.8 Å². The van der Waals surface area contributed by atoms with Gasteiger partial charge in [0.05, 0.1) is 18.4 Å². The predicted molar refractivity (Wildman–Crippen MR) is 70.5 cm³/mol. The molecule has 0 atom stereocenters. The molecule has 5 heteroatoms. The Morgan fingerprint density at radius 1 is 1.33 bits per heavy atom. The molecule has 0 saturated heterocycles. The molecular formula is C13H18N4O. The fourth-order valence-corrected chi connectivity index (χ4v) is 1.51. The highest BCUT2D eigenvalue weighted by molar-refractivity contribution is 5.54. The van der Waals surface area contributed by atoms with E-state index in [-0.39, 0.29) is 5.60 Å². The van der Waals surface area contributed by atoms with Gasteiger partial charge in [-0.25, -0.2) is 4.98 Å². The van der Waals surface area contributed by atoms with E-state index in [1.54, 1.807) is 24.8 Å². The summed E-state index contributed by atoms with van der Waals surface area (Å²) in [5, 5.41) is 3.26. The standard InChI is InChI=1S/C13H18N4O/c1-13(2,3)18-11-4-5-14-8-10(11)17-9-12-15-6-7-16-12/h4-8,17H,9H2,1-3H3,(H,15,16). The maximum absolute atomic E-state index is 5.87. The summed E-state index contributed by atoms with van der Waals surface area (Å²) in [6.45, 7) is 6.66. The number of aromatic nitrogens is 3. The summed E-state index contributed by atoms with van der Waals surface area (Å²) in [4.78, 5) is 11.3. The maximum atomic E-state index is 5.87. The number of pyridine rings is 1. The van der Waals surface area contributed by atoms with Crippen LogP contribution in [0.15, 0.2) is 30.9 Å². The van der Waals surface area contributed by atoms with Crippen LogP contribution in [0.25, 0.3) is 0 Å². The number of imidazole rings is 1. The summed E-state index contributed by atoms with van der Waals surface area (Å²) in [6, 6.07) is 1.86. The van der Waals surface area contributed by atoms with Gasteiger partial charge in [0.2, 0.25) is 0 Å². The Hall–Kier alpha value is -2.04. The van der Waals surface area contributed by atoms with Crippen molar-refractivity contribution < 1.29 is 4.74 Å². The van der Waals surface area contributed by atoms with Crippen LogP contribution in [0.5, 0.6) is 5.75 Å². The van der Waals surface area contributed by atoms with Crippen molar-refractivity contribution in [1.29, 1.82) is 0 Å². The number of hydrogen-bond acceptors (Lipinski definition) is 4. The van der Waals surface area contributed by atoms with E-state index in [1.807, 2.05) is 26.8 Å². The highest BCUT2D eigenvalue weighted by atomic mass is 16.5. The first-order valence-electron chi connectivity index (χ1n) is 5.90. The van der Waals surface area contributed by atoms with Crippen LogP contribution in [0.2, 0.25) is 0 Å². The van der Waals surface area contributed by atoms with Gasteiger partial charge in [-0.15, -0.1) is 0 Å². The van der Waals surface area contributed by atoms with Gasteiger partial charge in [0.25, 0.3) is 0 Å². The lowest BCUT2D eigenvalue weighted by atomic mass is 10.2. The van der Waals surface area contributed by atoms with Crippen molar-refractivity contribution in [3.8, 4) is 5.75 Å². The van der Waals surface area contributed by atoms with Gasteiger partial charge >= 0.3 is 0 Å². The quantitative estimate of drug-likeness (QED) is 0.870. The number of H-pyrrole nitrogens is 1. The highest BCUT2D eigenvalue weighted by Gasteiger charge is 2.14. The minimum atomic E-state index is -0.234. The molecule has 0 aromatic carbocycles. The van der Waals surface area contributed by atoms with Gasteiger partial charge in [0.15, 0.2) is 0 Å². The van der Waals surface area contributed by atoms with E-state index in [0.29, 0.717) is 6.54 Å². The van der Waals surface area contributed by atoms with Crippen molar-refractivity contribution in [2.24, 2.45) is 0 Å². The lowest BCUT2D eigenvalue weighted by Crippen LogP contribution is -2.23. The van der Waals surface area contributed by atoms with Crippen molar-refractivity contribution in [2.45, 2.75) is 32.9 Å². The van der Waals surface area contributed by atoms with Crippen LogP contribution >= 0.6 is 0 Å². The summed E-state index contributed by atoms with van der Waals surface area (Å²) in [5.74, 6) is 1.67. The highest BCUT2D eigenvalue weighted by Crippen LogP contribution is 2.26. The van der Waals surface area contributed by atoms with Crippen molar-refractivity contribution in [3.05, 3.63) is 36.7 Å². The van der Waals surface area contributed by atoms with Gasteiger partial charge in [-0.2, -0.15) is 0 Å². The van der Waals surface area contributed by atoms with Crippen molar-refractivity contribution >= 4 is 5.69 Å². The SMILES string of the molecule is CC(C)(C)Oc1ccncc1NCc1ncc[nH]1. The fourth-order valence-electron chi connectivity index (χ4n) is 1.51. The molecule has 5 nitrogen and oxygen atoms in total. The van der Waals surface area contributed by atoms with Crippen LogP contribution in [-0.2, 0) is 6.54 Å². The van der Waals surface area contributed by atoms with Gasteiger partial charge in [-0.1, -0.05) is 0 Å². The van der Waals surface area contributed by atoms with Crippen molar-refractivity contribution in [1.82, 2.24) is 15.0 Å². The van der Waals surface area contributed by atoms with E-state index in [4.69, 9.17) is 4.74 Å². The third kappa shape index (κ3) is 3.48. The minimum Gasteiger partial charge on any atom is -0.486 e. The molecule has 0 fully saturated rings. The molecule has 18 heavy (non-hydrogen) atoms. The summed E-state index contributed by atoms with van der Waals surface area (Å²) < 4.78 is 5.87. The molecule has 0 aliphatic carbocycles. The second-order valence-corrected chi connectivity index (χ2v) is 4.98. The van der Waals surface area contributed by atoms with Gasteiger partial charge < -0.3 is 15.0 Å². The average Bonchev–Trinajstić information content (AvgIpc) is 2.79. The van der Waals surface area contributed by atoms with Gasteiger partial charge in [-0.3, -0.25) is 4.98 Å². The van der Waals surface area contributed by atoms with E-state index in [1.165, 1.54) is 0 Å². The number of rotatable bonds is 4. The van der Waals surface area contributed by atoms with Crippen LogP contribution in [0, 0.1) is 0 Å². The first-order valence-corrected chi connectivity index (χ1v) is 5.90. The van der Waals surface area contributed by atoms with Gasteiger partial charge in [0, 0.05) is 24.7 Å². The molecule has 0 amide bonds. The molecule has 2 N–H and O–H groups in total. The van der Waals surface area contributed by atoms with Crippen LogP contribution in [0.1, 0.15) is 26.6 Å². The zero-order chi connectivity index (χ0) is 13.0. The van der Waals surface area contributed by atoms with Gasteiger partial charge in [-0.05, 0) is 20.8 Å². The Bertz CT molecular complexity index is 488. The van der Waals surface area contributed by atoms with E-state index >= 15 is 0 Å². The zero-order valence-electron chi connectivity index (χ0n) is 10.9. The summed E-state index contributed by atoms with van der Waals surface area (Å²) in [6.07, 6.45) is 7.00. The number of anilines is 1. The van der Waals surface area contributed by atoms with Crippen LogP contribution in [-0.4, -0.2) is 20.6 Å². The largest absolute Gasteiger partial charge is 0.486 e. The fraction of sp³-hybridized carbons (Fsp3) is 0.385. The van der Waals surface area contributed by atoms with Gasteiger partial charge in [0.1, 0.15) is 17.2 Å². The van der Waals surface area contributed by atoms with E-state index < -0.39 is 0 Å².